The number of methoxy groups -OCH3 is 1. The molecule has 2 aliphatic rings. The van der Waals surface area contributed by atoms with Crippen LogP contribution in [0.15, 0.2) is 18.2 Å². The normalized spacial score (nSPS) is 28.0. The molecule has 8 heteroatoms. The van der Waals surface area contributed by atoms with Crippen LogP contribution in [-0.2, 0) is 4.74 Å². The van der Waals surface area contributed by atoms with Gasteiger partial charge in [0.05, 0.1) is 11.0 Å². The molecule has 2 heterocycles. The second kappa shape index (κ2) is 6.18. The Bertz CT molecular complexity index is 683. The van der Waals surface area contributed by atoms with Crippen LogP contribution >= 0.6 is 12.2 Å². The first kappa shape index (κ1) is 16.9. The molecular weight excluding hydrogens is 330 g/mol. The molecule has 0 saturated carbocycles. The van der Waals surface area contributed by atoms with Crippen molar-refractivity contribution in [2.45, 2.75) is 32.0 Å². The van der Waals surface area contributed by atoms with E-state index in [2.05, 4.69) is 12.2 Å². The molecule has 0 unspecified atom stereocenters. The number of non-ortho nitro benzene ring substituents is 1. The van der Waals surface area contributed by atoms with Crippen molar-refractivity contribution >= 4 is 23.0 Å². The fraction of sp³-hybridized carbons (Fsp3) is 0.562. The highest BCUT2D eigenvalue weighted by Crippen LogP contribution is 2.48. The van der Waals surface area contributed by atoms with Crippen molar-refractivity contribution in [3.63, 3.8) is 0 Å². The molecule has 2 bridgehead atoms. The van der Waals surface area contributed by atoms with Crippen molar-refractivity contribution < 1.29 is 14.4 Å². The number of fused-ring (bicyclic) bond motifs is 4. The van der Waals surface area contributed by atoms with E-state index in [1.54, 1.807) is 19.2 Å². The van der Waals surface area contributed by atoms with E-state index in [-0.39, 0.29) is 17.6 Å². The minimum absolute atomic E-state index is 0.0587. The summed E-state index contributed by atoms with van der Waals surface area (Å²) in [6.07, 6.45) is 0.835. The lowest BCUT2D eigenvalue weighted by Gasteiger charge is -2.56. The molecule has 130 valence electrons. The number of benzene rings is 1. The molecule has 7 nitrogen and oxygen atoms in total. The van der Waals surface area contributed by atoms with Crippen LogP contribution < -0.4 is 10.1 Å². The van der Waals surface area contributed by atoms with E-state index in [0.717, 1.165) is 18.5 Å². The summed E-state index contributed by atoms with van der Waals surface area (Å²) in [5, 5.41) is 15.0. The van der Waals surface area contributed by atoms with Gasteiger partial charge in [-0.3, -0.25) is 10.1 Å². The van der Waals surface area contributed by atoms with Crippen molar-refractivity contribution in [2.24, 2.45) is 5.92 Å². The van der Waals surface area contributed by atoms with E-state index in [1.165, 1.54) is 6.07 Å². The highest BCUT2D eigenvalue weighted by molar-refractivity contribution is 7.80. The Labute approximate surface area is 146 Å². The monoisotopic (exact) mass is 351 g/mol. The summed E-state index contributed by atoms with van der Waals surface area (Å²) in [5.41, 5.74) is 0.251. The molecule has 1 aromatic rings. The number of nitrogens with one attached hydrogen (secondary N) is 1. The first-order valence-corrected chi connectivity index (χ1v) is 8.33. The molecule has 0 amide bonds. The molecule has 24 heavy (non-hydrogen) atoms. The van der Waals surface area contributed by atoms with Gasteiger partial charge in [0.15, 0.2) is 10.8 Å². The summed E-state index contributed by atoms with van der Waals surface area (Å²) in [5.74, 6) is 0.735. The van der Waals surface area contributed by atoms with Crippen LogP contribution in [0.3, 0.4) is 0 Å². The lowest BCUT2D eigenvalue weighted by atomic mass is 9.80. The number of nitrogens with zero attached hydrogens (tertiary/aromatic N) is 2. The van der Waals surface area contributed by atoms with Crippen molar-refractivity contribution in [3.05, 3.63) is 33.9 Å². The van der Waals surface area contributed by atoms with E-state index in [1.807, 2.05) is 11.8 Å². The van der Waals surface area contributed by atoms with Gasteiger partial charge in [-0.15, -0.1) is 0 Å². The topological polar surface area (TPSA) is 76.9 Å². The third kappa shape index (κ3) is 2.59. The van der Waals surface area contributed by atoms with Crippen molar-refractivity contribution in [1.82, 2.24) is 10.2 Å². The van der Waals surface area contributed by atoms with Crippen LogP contribution in [0.2, 0.25) is 0 Å². The largest absolute Gasteiger partial charge is 0.467 e. The molecule has 1 N–H and O–H groups in total. The Morgan fingerprint density at radius 3 is 2.96 bits per heavy atom. The van der Waals surface area contributed by atoms with Crippen LogP contribution in [0.1, 0.15) is 31.9 Å². The molecule has 2 aliphatic heterocycles. The van der Waals surface area contributed by atoms with Crippen molar-refractivity contribution in [1.29, 1.82) is 0 Å². The van der Waals surface area contributed by atoms with Crippen LogP contribution in [0.4, 0.5) is 5.69 Å². The lowest BCUT2D eigenvalue weighted by Crippen LogP contribution is -2.69. The Balaban J connectivity index is 1.97. The molecule has 1 aromatic carbocycles. The summed E-state index contributed by atoms with van der Waals surface area (Å²) in [4.78, 5) is 12.7. The lowest BCUT2D eigenvalue weighted by molar-refractivity contribution is -0.385. The quantitative estimate of drug-likeness (QED) is 0.378. The van der Waals surface area contributed by atoms with E-state index in [4.69, 9.17) is 21.7 Å². The first-order valence-electron chi connectivity index (χ1n) is 7.93. The average Bonchev–Trinajstić information content (AvgIpc) is 2.53. The van der Waals surface area contributed by atoms with Crippen molar-refractivity contribution in [3.8, 4) is 5.75 Å². The van der Waals surface area contributed by atoms with Gasteiger partial charge in [-0.25, -0.2) is 0 Å². The summed E-state index contributed by atoms with van der Waals surface area (Å²) >= 11 is 5.53. The molecule has 3 atom stereocenters. The Morgan fingerprint density at radius 2 is 2.29 bits per heavy atom. The average molecular weight is 351 g/mol. The summed E-state index contributed by atoms with van der Waals surface area (Å²) in [6.45, 7) is 5.46. The van der Waals surface area contributed by atoms with E-state index < -0.39 is 10.6 Å². The number of hydrogen-bond acceptors (Lipinski definition) is 5. The number of thiocarbonyl (C=S) groups is 1. The molecule has 0 aromatic heterocycles. The van der Waals surface area contributed by atoms with Gasteiger partial charge < -0.3 is 19.7 Å². The highest BCUT2D eigenvalue weighted by Gasteiger charge is 2.53. The van der Waals surface area contributed by atoms with Crippen LogP contribution in [0.25, 0.3) is 0 Å². The first-order chi connectivity index (χ1) is 11.4. The number of hydrogen-bond donors (Lipinski definition) is 1. The fourth-order valence-electron chi connectivity index (χ4n) is 3.49. The number of ether oxygens (including phenoxy) is 2. The molecule has 0 aliphatic carbocycles. The smallest absolute Gasteiger partial charge is 0.270 e. The number of nitro benzene ring substituents is 1. The van der Waals surface area contributed by atoms with Gasteiger partial charge in [-0.2, -0.15) is 0 Å². The van der Waals surface area contributed by atoms with Gasteiger partial charge in [-0.05, 0) is 31.6 Å². The second-order valence-electron chi connectivity index (χ2n) is 6.35. The summed E-state index contributed by atoms with van der Waals surface area (Å²) in [6, 6.07) is 4.62. The third-order valence-electron chi connectivity index (χ3n) is 4.99. The maximum atomic E-state index is 11.1. The predicted octanol–water partition coefficient (Wildman–Crippen LogP) is 2.61. The zero-order valence-electron chi connectivity index (χ0n) is 13.9. The Kier molecular flexibility index (Phi) is 4.35. The minimum atomic E-state index is -0.593. The highest BCUT2D eigenvalue weighted by atomic mass is 32.1. The molecule has 0 radical (unpaired) electrons. The maximum absolute atomic E-state index is 11.1. The molecule has 3 rings (SSSR count). The summed E-state index contributed by atoms with van der Waals surface area (Å²) in [7, 11) is 1.67. The van der Waals surface area contributed by atoms with Crippen LogP contribution in [0, 0.1) is 16.0 Å². The molecule has 0 spiro atoms. The van der Waals surface area contributed by atoms with Crippen LogP contribution in [0.5, 0.6) is 5.75 Å². The summed E-state index contributed by atoms with van der Waals surface area (Å²) < 4.78 is 11.4. The van der Waals surface area contributed by atoms with Crippen LogP contribution in [-0.4, -0.2) is 40.9 Å². The third-order valence-corrected chi connectivity index (χ3v) is 5.33. The molecule has 1 fully saturated rings. The Hall–Kier alpha value is -1.93. The Morgan fingerprint density at radius 1 is 1.54 bits per heavy atom. The standard InChI is InChI=1S/C16H21N3O4S/c1-10-14-12-9-11(19(20)21)5-6-13(12)23-16(10,2)18(15(24)17-14)7-4-8-22-3/h5-6,9-10,14H,4,7-8H2,1-3H3,(H,17,24)/t10-,14-,16+/m1/s1. The van der Waals surface area contributed by atoms with Gasteiger partial charge in [0.25, 0.3) is 5.69 Å². The zero-order valence-corrected chi connectivity index (χ0v) is 14.8. The molecular formula is C16H21N3O4S. The van der Waals surface area contributed by atoms with Gasteiger partial charge in [-0.1, -0.05) is 6.92 Å². The van der Waals surface area contributed by atoms with Crippen molar-refractivity contribution in [2.75, 3.05) is 20.3 Å². The maximum Gasteiger partial charge on any atom is 0.270 e. The second-order valence-corrected chi connectivity index (χ2v) is 6.74. The minimum Gasteiger partial charge on any atom is -0.467 e. The van der Waals surface area contributed by atoms with E-state index >= 15 is 0 Å². The predicted molar refractivity (Wildman–Crippen MR) is 93.0 cm³/mol. The fourth-order valence-corrected chi connectivity index (χ4v) is 3.89. The van der Waals surface area contributed by atoms with Gasteiger partial charge in [0.2, 0.25) is 0 Å². The van der Waals surface area contributed by atoms with Gasteiger partial charge in [0, 0.05) is 43.9 Å². The number of rotatable bonds is 5. The van der Waals surface area contributed by atoms with E-state index in [0.29, 0.717) is 17.5 Å². The van der Waals surface area contributed by atoms with Gasteiger partial charge >= 0.3 is 0 Å². The van der Waals surface area contributed by atoms with E-state index in [9.17, 15) is 10.1 Å². The molecule has 1 saturated heterocycles. The number of nitro groups is 1. The SMILES string of the molecule is COCCCN1C(=S)N[C@H]2c3cc([N+](=O)[O-])ccc3O[C@@]1(C)[C@@H]2C. The van der Waals surface area contributed by atoms with Gasteiger partial charge in [0.1, 0.15) is 5.75 Å². The zero-order chi connectivity index (χ0) is 17.5.